The second kappa shape index (κ2) is 10.7. The molecule has 1 aliphatic heterocycles. The highest BCUT2D eigenvalue weighted by molar-refractivity contribution is 9.10. The minimum absolute atomic E-state index is 0.0894. The van der Waals surface area contributed by atoms with E-state index in [2.05, 4.69) is 59.2 Å². The molecule has 9 heteroatoms. The Morgan fingerprint density at radius 2 is 1.84 bits per heavy atom. The van der Waals surface area contributed by atoms with E-state index in [1.807, 2.05) is 74.6 Å². The summed E-state index contributed by atoms with van der Waals surface area (Å²) in [6.07, 6.45) is 3.84. The maximum Gasteiger partial charge on any atom is 0.226 e. The highest BCUT2D eigenvalue weighted by atomic mass is 79.9. The quantitative estimate of drug-likeness (QED) is 0.234. The number of hydrogen-bond donors (Lipinski definition) is 2. The summed E-state index contributed by atoms with van der Waals surface area (Å²) in [7, 11) is 0. The maximum absolute atomic E-state index is 12.2. The lowest BCUT2D eigenvalue weighted by atomic mass is 10.0. The Morgan fingerprint density at radius 1 is 1.08 bits per heavy atom. The third-order valence-corrected chi connectivity index (χ3v) is 7.46. The van der Waals surface area contributed by atoms with Crippen molar-refractivity contribution >= 4 is 62.1 Å². The fourth-order valence-corrected chi connectivity index (χ4v) is 5.27. The number of halogens is 2. The van der Waals surface area contributed by atoms with Crippen LogP contribution in [0.5, 0.6) is 0 Å². The van der Waals surface area contributed by atoms with Crippen LogP contribution >= 0.6 is 39.7 Å². The summed E-state index contributed by atoms with van der Waals surface area (Å²) in [4.78, 5) is 18.9. The van der Waals surface area contributed by atoms with E-state index in [9.17, 15) is 4.79 Å². The number of nitrogens with zero attached hydrogens (tertiary/aromatic N) is 3. The molecule has 3 heterocycles. The summed E-state index contributed by atoms with van der Waals surface area (Å²) in [6.45, 7) is 3.68. The smallest absolute Gasteiger partial charge is 0.226 e. The van der Waals surface area contributed by atoms with Crippen molar-refractivity contribution in [2.45, 2.75) is 25.9 Å². The van der Waals surface area contributed by atoms with E-state index in [4.69, 9.17) is 23.8 Å². The first-order valence-corrected chi connectivity index (χ1v) is 13.5. The van der Waals surface area contributed by atoms with Crippen LogP contribution in [0.3, 0.4) is 0 Å². The van der Waals surface area contributed by atoms with Crippen molar-refractivity contribution in [3.8, 4) is 5.69 Å². The third kappa shape index (κ3) is 5.14. The van der Waals surface area contributed by atoms with Gasteiger partial charge in [0.15, 0.2) is 5.11 Å². The molecule has 0 saturated carbocycles. The molecule has 0 unspecified atom stereocenters. The molecule has 1 aliphatic rings. The normalized spacial score (nSPS) is 17.2. The Balaban J connectivity index is 1.59. The van der Waals surface area contributed by atoms with Crippen LogP contribution in [0.1, 0.15) is 37.3 Å². The van der Waals surface area contributed by atoms with Gasteiger partial charge in [0.25, 0.3) is 0 Å². The summed E-state index contributed by atoms with van der Waals surface area (Å²) in [5.74, 6) is -0.241. The SMILES string of the molecule is CC(C)C(=O)Nc1ccc(N2C(=S)N[C@H](c3ccccn3)[C@H]2c2cccn2-c2ccc(Br)cc2)cc1Cl. The number of carbonyl (C=O) groups is 1. The number of nitrogens with one attached hydrogen (secondary N) is 2. The number of hydrogen-bond acceptors (Lipinski definition) is 3. The van der Waals surface area contributed by atoms with Crippen molar-refractivity contribution in [2.24, 2.45) is 5.92 Å². The van der Waals surface area contributed by atoms with Crippen LogP contribution < -0.4 is 15.5 Å². The van der Waals surface area contributed by atoms with Gasteiger partial charge in [-0.05, 0) is 78.9 Å². The summed E-state index contributed by atoms with van der Waals surface area (Å²) in [5.41, 5.74) is 4.34. The lowest BCUT2D eigenvalue weighted by Gasteiger charge is -2.29. The number of carbonyl (C=O) groups excluding carboxylic acids is 1. The van der Waals surface area contributed by atoms with Crippen LogP contribution in [0, 0.1) is 5.92 Å². The molecule has 0 spiro atoms. The van der Waals surface area contributed by atoms with Crippen LogP contribution in [0.4, 0.5) is 11.4 Å². The lowest BCUT2D eigenvalue weighted by Crippen LogP contribution is -2.30. The average Bonchev–Trinajstić information content (AvgIpc) is 3.50. The zero-order valence-electron chi connectivity index (χ0n) is 20.2. The molecule has 6 nitrogen and oxygen atoms in total. The second-order valence-corrected chi connectivity index (χ2v) is 10.8. The molecule has 2 aromatic carbocycles. The van der Waals surface area contributed by atoms with Crippen molar-refractivity contribution in [2.75, 3.05) is 10.2 Å². The molecular formula is C28H25BrClN5OS. The summed E-state index contributed by atoms with van der Waals surface area (Å²) in [5, 5.41) is 7.39. The van der Waals surface area contributed by atoms with Crippen LogP contribution in [0.2, 0.25) is 5.02 Å². The van der Waals surface area contributed by atoms with E-state index in [0.717, 1.165) is 27.2 Å². The molecular weight excluding hydrogens is 570 g/mol. The van der Waals surface area contributed by atoms with Gasteiger partial charge in [-0.1, -0.05) is 47.4 Å². The molecule has 2 aromatic heterocycles. The summed E-state index contributed by atoms with van der Waals surface area (Å²) in [6, 6.07) is 23.4. The van der Waals surface area contributed by atoms with E-state index in [0.29, 0.717) is 15.8 Å². The van der Waals surface area contributed by atoms with Crippen molar-refractivity contribution in [3.05, 3.63) is 106 Å². The van der Waals surface area contributed by atoms with Crippen LogP contribution in [-0.4, -0.2) is 20.6 Å². The Kier molecular flexibility index (Phi) is 7.33. The second-order valence-electron chi connectivity index (χ2n) is 9.08. The number of aromatic nitrogens is 2. The lowest BCUT2D eigenvalue weighted by molar-refractivity contribution is -0.118. The zero-order chi connectivity index (χ0) is 26.1. The third-order valence-electron chi connectivity index (χ3n) is 6.30. The molecule has 2 atom stereocenters. The maximum atomic E-state index is 12.2. The van der Waals surface area contributed by atoms with Gasteiger partial charge in [-0.3, -0.25) is 9.78 Å². The van der Waals surface area contributed by atoms with Crippen LogP contribution in [0.15, 0.2) is 89.7 Å². The van der Waals surface area contributed by atoms with E-state index in [1.54, 1.807) is 6.20 Å². The highest BCUT2D eigenvalue weighted by Gasteiger charge is 2.42. The molecule has 5 rings (SSSR count). The molecule has 2 N–H and O–H groups in total. The topological polar surface area (TPSA) is 62.2 Å². The number of pyridine rings is 1. The van der Waals surface area contributed by atoms with Gasteiger partial charge in [0.2, 0.25) is 5.91 Å². The molecule has 0 bridgehead atoms. The molecule has 0 radical (unpaired) electrons. The van der Waals surface area contributed by atoms with Gasteiger partial charge in [0, 0.05) is 39.9 Å². The zero-order valence-corrected chi connectivity index (χ0v) is 23.4. The monoisotopic (exact) mass is 593 g/mol. The minimum Gasteiger partial charge on any atom is -0.351 e. The fourth-order valence-electron chi connectivity index (χ4n) is 4.44. The summed E-state index contributed by atoms with van der Waals surface area (Å²) >= 11 is 16.0. The largest absolute Gasteiger partial charge is 0.351 e. The Labute approximate surface area is 234 Å². The van der Waals surface area contributed by atoms with Crippen molar-refractivity contribution in [1.29, 1.82) is 0 Å². The highest BCUT2D eigenvalue weighted by Crippen LogP contribution is 2.43. The minimum atomic E-state index is -0.215. The first-order chi connectivity index (χ1) is 17.8. The number of anilines is 2. The van der Waals surface area contributed by atoms with Gasteiger partial charge >= 0.3 is 0 Å². The van der Waals surface area contributed by atoms with E-state index >= 15 is 0 Å². The summed E-state index contributed by atoms with van der Waals surface area (Å²) < 4.78 is 3.18. The molecule has 0 aliphatic carbocycles. The average molecular weight is 595 g/mol. The molecule has 1 amide bonds. The fraction of sp³-hybridized carbons (Fsp3) is 0.179. The molecule has 188 valence electrons. The van der Waals surface area contributed by atoms with Gasteiger partial charge in [0.1, 0.15) is 6.04 Å². The van der Waals surface area contributed by atoms with Crippen molar-refractivity contribution in [1.82, 2.24) is 14.9 Å². The first-order valence-electron chi connectivity index (χ1n) is 11.9. The van der Waals surface area contributed by atoms with Gasteiger partial charge in [-0.25, -0.2) is 0 Å². The predicted octanol–water partition coefficient (Wildman–Crippen LogP) is 7.06. The van der Waals surface area contributed by atoms with Gasteiger partial charge in [0.05, 0.1) is 22.4 Å². The number of amides is 1. The number of benzene rings is 2. The van der Waals surface area contributed by atoms with Gasteiger partial charge in [-0.15, -0.1) is 0 Å². The van der Waals surface area contributed by atoms with Crippen molar-refractivity contribution in [3.63, 3.8) is 0 Å². The molecule has 1 fully saturated rings. The predicted molar refractivity (Wildman–Crippen MR) is 156 cm³/mol. The van der Waals surface area contributed by atoms with Crippen LogP contribution in [0.25, 0.3) is 5.69 Å². The van der Waals surface area contributed by atoms with Crippen LogP contribution in [-0.2, 0) is 4.79 Å². The van der Waals surface area contributed by atoms with Crippen molar-refractivity contribution < 1.29 is 4.79 Å². The first kappa shape index (κ1) is 25.4. The van der Waals surface area contributed by atoms with Gasteiger partial charge in [-0.2, -0.15) is 0 Å². The van der Waals surface area contributed by atoms with E-state index in [1.165, 1.54) is 0 Å². The van der Waals surface area contributed by atoms with Gasteiger partial charge < -0.3 is 20.1 Å². The molecule has 4 aromatic rings. The number of thiocarbonyl (C=S) groups is 1. The Bertz CT molecular complexity index is 1440. The molecule has 37 heavy (non-hydrogen) atoms. The number of rotatable bonds is 6. The Morgan fingerprint density at radius 3 is 2.51 bits per heavy atom. The Hall–Kier alpha value is -3.20. The van der Waals surface area contributed by atoms with E-state index < -0.39 is 0 Å². The van der Waals surface area contributed by atoms with E-state index in [-0.39, 0.29) is 23.9 Å². The standard InChI is InChI=1S/C28H25BrClN5OS/c1-17(2)27(36)32-22-13-12-20(16-21(22)30)35-26(25(33-28(35)37)23-6-3-4-14-31-23)24-7-5-15-34(24)19-10-8-18(29)9-11-19/h3-17,25-26H,1-2H3,(H,32,36)(H,33,37)/t25-,26-/m1/s1. The molecule has 1 saturated heterocycles.